The van der Waals surface area contributed by atoms with Crippen molar-refractivity contribution >= 4 is 11.9 Å². The van der Waals surface area contributed by atoms with E-state index in [1.807, 2.05) is 6.92 Å². The van der Waals surface area contributed by atoms with Gasteiger partial charge in [0.15, 0.2) is 11.5 Å². The van der Waals surface area contributed by atoms with Crippen LogP contribution in [-0.2, 0) is 30.9 Å². The Morgan fingerprint density at radius 1 is 1.34 bits per heavy atom. The molecular formula is C23H30O6. The second-order valence-corrected chi connectivity index (χ2v) is 9.31. The minimum atomic E-state index is -0.926. The van der Waals surface area contributed by atoms with Gasteiger partial charge in [-0.05, 0) is 43.1 Å². The molecule has 0 unspecified atom stereocenters. The van der Waals surface area contributed by atoms with Crippen molar-refractivity contribution in [2.75, 3.05) is 7.11 Å². The minimum absolute atomic E-state index is 0.0607. The molecule has 1 saturated heterocycles. The van der Waals surface area contributed by atoms with Gasteiger partial charge in [-0.2, -0.15) is 0 Å². The monoisotopic (exact) mass is 402 g/mol. The molecule has 1 aromatic carbocycles. The molecule has 1 heterocycles. The van der Waals surface area contributed by atoms with Crippen molar-refractivity contribution < 1.29 is 28.9 Å². The molecule has 158 valence electrons. The number of benzene rings is 1. The van der Waals surface area contributed by atoms with E-state index in [0.717, 1.165) is 36.8 Å². The lowest BCUT2D eigenvalue weighted by atomic mass is 9.47. The highest BCUT2D eigenvalue weighted by molar-refractivity contribution is 5.88. The second-order valence-electron chi connectivity index (χ2n) is 9.31. The first-order chi connectivity index (χ1) is 13.7. The number of hydrogen-bond donors (Lipinski definition) is 1. The molecule has 0 aromatic heterocycles. The molecular weight excluding hydrogens is 372 g/mol. The Balaban J connectivity index is 1.93. The van der Waals surface area contributed by atoms with Crippen LogP contribution in [0.4, 0.5) is 0 Å². The molecule has 1 saturated carbocycles. The van der Waals surface area contributed by atoms with Crippen molar-refractivity contribution in [2.45, 2.75) is 77.4 Å². The maximum atomic E-state index is 13.5. The lowest BCUT2D eigenvalue weighted by Crippen LogP contribution is -2.65. The molecule has 1 aliphatic heterocycles. The maximum Gasteiger partial charge on any atom is 0.320 e. The van der Waals surface area contributed by atoms with Crippen molar-refractivity contribution in [1.29, 1.82) is 0 Å². The van der Waals surface area contributed by atoms with E-state index in [2.05, 4.69) is 19.9 Å². The topological polar surface area (TPSA) is 82.1 Å². The molecule has 0 spiro atoms. The number of carbonyl (C=O) groups excluding carboxylic acids is 2. The summed E-state index contributed by atoms with van der Waals surface area (Å²) in [4.78, 5) is 25.1. The van der Waals surface area contributed by atoms with Crippen LogP contribution in [0.15, 0.2) is 6.07 Å². The Hall–Kier alpha value is -2.24. The summed E-state index contributed by atoms with van der Waals surface area (Å²) in [7, 11) is 1.55. The third-order valence-electron chi connectivity index (χ3n) is 7.41. The summed E-state index contributed by atoms with van der Waals surface area (Å²) in [5, 5.41) is 11.3. The van der Waals surface area contributed by atoms with Gasteiger partial charge in [-0.1, -0.05) is 33.3 Å². The Bertz CT molecular complexity index is 875. The fourth-order valence-electron chi connectivity index (χ4n) is 6.18. The van der Waals surface area contributed by atoms with Gasteiger partial charge in [0.25, 0.3) is 6.29 Å². The van der Waals surface area contributed by atoms with E-state index >= 15 is 0 Å². The van der Waals surface area contributed by atoms with Crippen LogP contribution in [0.3, 0.4) is 0 Å². The quantitative estimate of drug-likeness (QED) is 0.771. The Morgan fingerprint density at radius 2 is 2.07 bits per heavy atom. The zero-order valence-corrected chi connectivity index (χ0v) is 17.8. The van der Waals surface area contributed by atoms with Crippen LogP contribution in [0.25, 0.3) is 0 Å². The molecule has 2 bridgehead atoms. The molecule has 6 heteroatoms. The molecule has 0 amide bonds. The number of phenolic OH excluding ortho intramolecular Hbond substituents is 1. The standard InChI is InChI=1S/C23H30O6/c1-12(2)15-11-14-7-8-16-22(4)9-6-10-23(16,17(14)18(25)19(15)27-5)20(26)29-21(22)28-13(3)24/h11-12,16,21,25H,6-10H2,1-5H3/t16-,21+,22-,23+/m0/s1. The van der Waals surface area contributed by atoms with Gasteiger partial charge in [-0.15, -0.1) is 0 Å². The van der Waals surface area contributed by atoms with Crippen LogP contribution in [0, 0.1) is 11.3 Å². The number of carbonyl (C=O) groups is 2. The zero-order valence-electron chi connectivity index (χ0n) is 17.8. The van der Waals surface area contributed by atoms with Crippen molar-refractivity contribution in [3.05, 3.63) is 22.8 Å². The predicted octanol–water partition coefficient (Wildman–Crippen LogP) is 3.96. The van der Waals surface area contributed by atoms with E-state index in [1.165, 1.54) is 6.92 Å². The lowest BCUT2D eigenvalue weighted by Gasteiger charge is -2.59. The highest BCUT2D eigenvalue weighted by Gasteiger charge is 2.67. The van der Waals surface area contributed by atoms with Gasteiger partial charge in [0.2, 0.25) is 0 Å². The molecule has 1 aromatic rings. The van der Waals surface area contributed by atoms with Gasteiger partial charge >= 0.3 is 11.9 Å². The van der Waals surface area contributed by atoms with Crippen LogP contribution in [0.2, 0.25) is 0 Å². The van der Waals surface area contributed by atoms with Crippen molar-refractivity contribution in [2.24, 2.45) is 11.3 Å². The summed E-state index contributed by atoms with van der Waals surface area (Å²) in [5.41, 5.74) is 1.19. The molecule has 4 rings (SSSR count). The maximum absolute atomic E-state index is 13.5. The van der Waals surface area contributed by atoms with Gasteiger partial charge in [0.05, 0.1) is 7.11 Å². The van der Waals surface area contributed by atoms with Crippen LogP contribution in [0.1, 0.15) is 76.0 Å². The van der Waals surface area contributed by atoms with Crippen molar-refractivity contribution in [3.63, 3.8) is 0 Å². The Morgan fingerprint density at radius 3 is 2.69 bits per heavy atom. The third kappa shape index (κ3) is 2.60. The van der Waals surface area contributed by atoms with Crippen LogP contribution in [0.5, 0.6) is 11.5 Å². The Kier molecular flexibility index (Phi) is 4.59. The number of ether oxygens (including phenoxy) is 3. The first-order valence-corrected chi connectivity index (χ1v) is 10.5. The second kappa shape index (κ2) is 6.64. The van der Waals surface area contributed by atoms with Crippen molar-refractivity contribution in [3.8, 4) is 11.5 Å². The number of rotatable bonds is 3. The van der Waals surface area contributed by atoms with Gasteiger partial charge in [0, 0.05) is 23.5 Å². The molecule has 4 atom stereocenters. The van der Waals surface area contributed by atoms with Crippen molar-refractivity contribution in [1.82, 2.24) is 0 Å². The minimum Gasteiger partial charge on any atom is -0.504 e. The fraction of sp³-hybridized carbons (Fsp3) is 0.652. The first kappa shape index (κ1) is 20.0. The van der Waals surface area contributed by atoms with E-state index in [1.54, 1.807) is 7.11 Å². The van der Waals surface area contributed by atoms with Crippen LogP contribution in [-0.4, -0.2) is 30.4 Å². The van der Waals surface area contributed by atoms with E-state index in [0.29, 0.717) is 17.7 Å². The number of methoxy groups -OCH3 is 1. The van der Waals surface area contributed by atoms with Gasteiger partial charge in [-0.25, -0.2) is 0 Å². The van der Waals surface area contributed by atoms with E-state index < -0.39 is 29.1 Å². The molecule has 0 radical (unpaired) electrons. The SMILES string of the molecule is COc1c(C(C)C)cc2c(c1O)[C@]13CCC[C@](C)([C@H](OC(C)=O)OC1=O)[C@@H]3CC2. The summed E-state index contributed by atoms with van der Waals surface area (Å²) in [6.45, 7) is 7.50. The number of fused-ring (bicyclic) bond motifs is 1. The molecule has 1 N–H and O–H groups in total. The van der Waals surface area contributed by atoms with Gasteiger partial charge < -0.3 is 19.3 Å². The smallest absolute Gasteiger partial charge is 0.320 e. The molecule has 29 heavy (non-hydrogen) atoms. The fourth-order valence-corrected chi connectivity index (χ4v) is 6.18. The molecule has 3 aliphatic rings. The third-order valence-corrected chi connectivity index (χ3v) is 7.41. The summed E-state index contributed by atoms with van der Waals surface area (Å²) in [5.74, 6) is -0.241. The Labute approximate surface area is 171 Å². The highest BCUT2D eigenvalue weighted by atomic mass is 16.7. The first-order valence-electron chi connectivity index (χ1n) is 10.5. The normalized spacial score (nSPS) is 32.8. The number of aromatic hydroxyl groups is 1. The molecule has 6 nitrogen and oxygen atoms in total. The average molecular weight is 402 g/mol. The number of hydrogen-bond acceptors (Lipinski definition) is 6. The number of aryl methyl sites for hydroxylation is 1. The number of phenols is 1. The average Bonchev–Trinajstić information content (AvgIpc) is 2.65. The van der Waals surface area contributed by atoms with E-state index in [9.17, 15) is 14.7 Å². The zero-order chi connectivity index (χ0) is 21.1. The van der Waals surface area contributed by atoms with Crippen LogP contribution >= 0.6 is 0 Å². The van der Waals surface area contributed by atoms with E-state index in [-0.39, 0.29) is 17.6 Å². The highest BCUT2D eigenvalue weighted by Crippen LogP contribution is 2.65. The van der Waals surface area contributed by atoms with Gasteiger partial charge in [-0.3, -0.25) is 9.59 Å². The van der Waals surface area contributed by atoms with Gasteiger partial charge in [0.1, 0.15) is 5.41 Å². The summed E-state index contributed by atoms with van der Waals surface area (Å²) in [6, 6.07) is 2.08. The van der Waals surface area contributed by atoms with E-state index in [4.69, 9.17) is 14.2 Å². The largest absolute Gasteiger partial charge is 0.504 e. The lowest BCUT2D eigenvalue weighted by molar-refractivity contribution is -0.259. The summed E-state index contributed by atoms with van der Waals surface area (Å²) in [6.07, 6.45) is 2.89. The summed E-state index contributed by atoms with van der Waals surface area (Å²) >= 11 is 0. The molecule has 2 fully saturated rings. The summed E-state index contributed by atoms with van der Waals surface area (Å²) < 4.78 is 16.8. The van der Waals surface area contributed by atoms with Crippen LogP contribution < -0.4 is 4.74 Å². The molecule has 2 aliphatic carbocycles. The number of cyclic esters (lactones) is 1. The predicted molar refractivity (Wildman–Crippen MR) is 106 cm³/mol. The number of esters is 2.